The van der Waals surface area contributed by atoms with Crippen LogP contribution >= 0.6 is 15.9 Å². The fourth-order valence-electron chi connectivity index (χ4n) is 3.64. The molecular weight excluding hydrogens is 504 g/mol. The van der Waals surface area contributed by atoms with E-state index in [1.54, 1.807) is 41.4 Å². The molecule has 0 saturated heterocycles. The highest BCUT2D eigenvalue weighted by molar-refractivity contribution is 9.10. The fourth-order valence-corrected chi connectivity index (χ4v) is 3.90. The van der Waals surface area contributed by atoms with E-state index in [1.807, 2.05) is 72.8 Å². The van der Waals surface area contributed by atoms with E-state index < -0.39 is 0 Å². The highest BCUT2D eigenvalue weighted by Gasteiger charge is 2.32. The zero-order chi connectivity index (χ0) is 24.2. The third kappa shape index (κ3) is 4.95. The van der Waals surface area contributed by atoms with E-state index in [-0.39, 0.29) is 11.8 Å². The first-order valence-electron chi connectivity index (χ1n) is 10.9. The lowest BCUT2D eigenvalue weighted by Gasteiger charge is -2.19. The number of aliphatic imine (C=N–C) groups is 1. The van der Waals surface area contributed by atoms with Gasteiger partial charge in [-0.25, -0.2) is 4.99 Å². The summed E-state index contributed by atoms with van der Waals surface area (Å²) in [6.07, 6.45) is 3.34. The predicted molar refractivity (Wildman–Crippen MR) is 141 cm³/mol. The fraction of sp³-hybridized carbons (Fsp3) is 0. The summed E-state index contributed by atoms with van der Waals surface area (Å²) in [4.78, 5) is 36.6. The van der Waals surface area contributed by atoms with E-state index in [2.05, 4.69) is 31.2 Å². The highest BCUT2D eigenvalue weighted by atomic mass is 79.9. The van der Waals surface area contributed by atoms with Crippen molar-refractivity contribution < 1.29 is 9.59 Å². The first-order valence-corrected chi connectivity index (χ1v) is 11.7. The minimum absolute atomic E-state index is 0.237. The Morgan fingerprint density at radius 2 is 1.57 bits per heavy atom. The molecule has 1 aromatic heterocycles. The lowest BCUT2D eigenvalue weighted by atomic mass is 10.1. The Balaban J connectivity index is 1.44. The lowest BCUT2D eigenvalue weighted by molar-refractivity contribution is -0.113. The first-order chi connectivity index (χ1) is 17.1. The van der Waals surface area contributed by atoms with E-state index in [4.69, 9.17) is 0 Å². The van der Waals surface area contributed by atoms with Crippen molar-refractivity contribution in [3.63, 3.8) is 0 Å². The summed E-state index contributed by atoms with van der Waals surface area (Å²) >= 11 is 3.38. The summed E-state index contributed by atoms with van der Waals surface area (Å²) in [6, 6.07) is 29.2. The van der Waals surface area contributed by atoms with Gasteiger partial charge in [-0.3, -0.25) is 19.5 Å². The van der Waals surface area contributed by atoms with E-state index in [9.17, 15) is 9.59 Å². The second-order valence-corrected chi connectivity index (χ2v) is 8.65. The van der Waals surface area contributed by atoms with Crippen LogP contribution in [-0.2, 0) is 4.79 Å². The molecule has 170 valence electrons. The number of pyridine rings is 1. The Labute approximate surface area is 210 Å². The van der Waals surface area contributed by atoms with Crippen molar-refractivity contribution in [1.82, 2.24) is 4.98 Å². The number of rotatable bonds is 5. The summed E-state index contributed by atoms with van der Waals surface area (Å²) < 4.78 is 0.933. The number of amides is 2. The normalized spacial score (nSPS) is 14.2. The smallest absolute Gasteiger partial charge is 0.282 e. The van der Waals surface area contributed by atoms with Gasteiger partial charge in [0.1, 0.15) is 11.5 Å². The van der Waals surface area contributed by atoms with Gasteiger partial charge in [0, 0.05) is 27.5 Å². The maximum Gasteiger partial charge on any atom is 0.282 e. The molecule has 0 aliphatic carbocycles. The molecule has 7 heteroatoms. The van der Waals surface area contributed by atoms with Crippen LogP contribution in [0, 0.1) is 0 Å². The number of aromatic nitrogens is 1. The number of hydrogen-bond acceptors (Lipinski definition) is 4. The number of carbonyl (C=O) groups excluding carboxylic acids is 2. The number of carbonyl (C=O) groups is 2. The number of nitrogens with one attached hydrogen (secondary N) is 1. The Morgan fingerprint density at radius 1 is 0.857 bits per heavy atom. The van der Waals surface area contributed by atoms with Gasteiger partial charge >= 0.3 is 0 Å². The predicted octanol–water partition coefficient (Wildman–Crippen LogP) is 5.93. The Morgan fingerprint density at radius 3 is 2.26 bits per heavy atom. The van der Waals surface area contributed by atoms with Gasteiger partial charge in [0.2, 0.25) is 0 Å². The quantitative estimate of drug-likeness (QED) is 0.330. The van der Waals surface area contributed by atoms with Crippen LogP contribution in [0.4, 0.5) is 11.4 Å². The number of amidine groups is 1. The molecule has 5 rings (SSSR count). The molecule has 0 spiro atoms. The second kappa shape index (κ2) is 9.87. The van der Waals surface area contributed by atoms with Crippen molar-refractivity contribution >= 4 is 51.0 Å². The van der Waals surface area contributed by atoms with Gasteiger partial charge in [-0.2, -0.15) is 0 Å². The summed E-state index contributed by atoms with van der Waals surface area (Å²) in [5, 5.41) is 2.87. The van der Waals surface area contributed by atoms with Crippen LogP contribution < -0.4 is 10.2 Å². The molecule has 4 aromatic rings. The number of nitrogens with zero attached hydrogens (tertiary/aromatic N) is 3. The first kappa shape index (κ1) is 22.4. The maximum atomic E-state index is 13.4. The zero-order valence-electron chi connectivity index (χ0n) is 18.4. The van der Waals surface area contributed by atoms with Crippen molar-refractivity contribution in [3.8, 4) is 0 Å². The highest BCUT2D eigenvalue weighted by Crippen LogP contribution is 2.28. The van der Waals surface area contributed by atoms with E-state index >= 15 is 0 Å². The topological polar surface area (TPSA) is 74.7 Å². The van der Waals surface area contributed by atoms with Crippen LogP contribution in [0.15, 0.2) is 118 Å². The van der Waals surface area contributed by atoms with Gasteiger partial charge < -0.3 is 5.32 Å². The molecule has 0 saturated carbocycles. The molecule has 0 atom stereocenters. The Kier molecular flexibility index (Phi) is 6.32. The zero-order valence-corrected chi connectivity index (χ0v) is 20.0. The van der Waals surface area contributed by atoms with Crippen LogP contribution in [0.25, 0.3) is 6.08 Å². The molecule has 0 unspecified atom stereocenters. The molecule has 2 amide bonds. The van der Waals surface area contributed by atoms with E-state index in [0.29, 0.717) is 34.2 Å². The molecule has 0 radical (unpaired) electrons. The van der Waals surface area contributed by atoms with Gasteiger partial charge in [0.05, 0.1) is 11.4 Å². The summed E-state index contributed by atoms with van der Waals surface area (Å²) in [5.41, 5.74) is 3.53. The molecule has 1 aliphatic heterocycles. The monoisotopic (exact) mass is 522 g/mol. The minimum atomic E-state index is -0.262. The minimum Gasteiger partial charge on any atom is -0.322 e. The van der Waals surface area contributed by atoms with Crippen LogP contribution in [0.2, 0.25) is 0 Å². The van der Waals surface area contributed by atoms with Gasteiger partial charge in [-0.05, 0) is 66.7 Å². The van der Waals surface area contributed by atoms with Gasteiger partial charge in [0.25, 0.3) is 11.8 Å². The maximum absolute atomic E-state index is 13.4. The summed E-state index contributed by atoms with van der Waals surface area (Å²) in [6.45, 7) is 0. The third-order valence-electron chi connectivity index (χ3n) is 5.35. The number of benzene rings is 3. The van der Waals surface area contributed by atoms with Crippen molar-refractivity contribution in [2.45, 2.75) is 0 Å². The lowest BCUT2D eigenvalue weighted by Crippen LogP contribution is -2.32. The van der Waals surface area contributed by atoms with Crippen molar-refractivity contribution in [3.05, 3.63) is 130 Å². The molecule has 1 aliphatic rings. The average molecular weight is 523 g/mol. The molecule has 2 heterocycles. The van der Waals surface area contributed by atoms with Crippen LogP contribution in [0.1, 0.15) is 21.6 Å². The molecule has 6 nitrogen and oxygen atoms in total. The standard InChI is InChI=1S/C28H19BrN4O2/c29-21-11-13-22(14-12-21)31-27(34)20-9-15-24(16-10-20)33-26(19-6-2-1-3-7-19)32-25(28(33)35)18-23-8-4-5-17-30-23/h1-18H,(H,31,34). The van der Waals surface area contributed by atoms with Gasteiger partial charge in [0.15, 0.2) is 0 Å². The second-order valence-electron chi connectivity index (χ2n) is 7.73. The molecule has 0 fully saturated rings. The Bertz CT molecular complexity index is 1430. The number of halogens is 1. The molecule has 3 aromatic carbocycles. The van der Waals surface area contributed by atoms with Gasteiger partial charge in [-0.1, -0.05) is 52.3 Å². The molecule has 1 N–H and O–H groups in total. The van der Waals surface area contributed by atoms with Crippen molar-refractivity contribution in [2.24, 2.45) is 4.99 Å². The molecule has 35 heavy (non-hydrogen) atoms. The summed E-state index contributed by atoms with van der Waals surface area (Å²) in [5.74, 6) is 0.0192. The van der Waals surface area contributed by atoms with Crippen LogP contribution in [-0.4, -0.2) is 22.6 Å². The largest absolute Gasteiger partial charge is 0.322 e. The van der Waals surface area contributed by atoms with Crippen LogP contribution in [0.5, 0.6) is 0 Å². The summed E-state index contributed by atoms with van der Waals surface area (Å²) in [7, 11) is 0. The molecule has 0 bridgehead atoms. The SMILES string of the molecule is O=C(Nc1ccc(Br)cc1)c1ccc(N2C(=O)C(=Cc3ccccn3)N=C2c2ccccc2)cc1. The van der Waals surface area contributed by atoms with Gasteiger partial charge in [-0.15, -0.1) is 0 Å². The number of hydrogen-bond donors (Lipinski definition) is 1. The average Bonchev–Trinajstić information content (AvgIpc) is 3.22. The van der Waals surface area contributed by atoms with E-state index in [0.717, 1.165) is 10.0 Å². The van der Waals surface area contributed by atoms with Crippen LogP contribution in [0.3, 0.4) is 0 Å². The van der Waals surface area contributed by atoms with Crippen molar-refractivity contribution in [2.75, 3.05) is 10.2 Å². The van der Waals surface area contributed by atoms with E-state index in [1.165, 1.54) is 0 Å². The molecular formula is C28H19BrN4O2. The third-order valence-corrected chi connectivity index (χ3v) is 5.88. The Hall–Kier alpha value is -4.36. The van der Waals surface area contributed by atoms with Crippen molar-refractivity contribution in [1.29, 1.82) is 0 Å². The number of anilines is 2.